The zero-order valence-electron chi connectivity index (χ0n) is 11.7. The van der Waals surface area contributed by atoms with Crippen LogP contribution in [0.4, 0.5) is 0 Å². The molecule has 4 nitrogen and oxygen atoms in total. The first kappa shape index (κ1) is 14.2. The van der Waals surface area contributed by atoms with Gasteiger partial charge in [0.25, 0.3) is 0 Å². The molecule has 0 aromatic heterocycles. The molecule has 19 heavy (non-hydrogen) atoms. The summed E-state index contributed by atoms with van der Waals surface area (Å²) in [6.07, 6.45) is 0.539. The number of fused-ring (bicyclic) bond motifs is 1. The second kappa shape index (κ2) is 6.78. The molecule has 1 aromatic carbocycles. The van der Waals surface area contributed by atoms with Crippen LogP contribution in [0.2, 0.25) is 0 Å². The Morgan fingerprint density at radius 3 is 2.74 bits per heavy atom. The molecule has 1 heterocycles. The van der Waals surface area contributed by atoms with E-state index in [-0.39, 0.29) is 12.2 Å². The predicted octanol–water partition coefficient (Wildman–Crippen LogP) is 1.92. The summed E-state index contributed by atoms with van der Waals surface area (Å²) in [7, 11) is 0. The van der Waals surface area contributed by atoms with Gasteiger partial charge in [0.2, 0.25) is 0 Å². The third-order valence-electron chi connectivity index (χ3n) is 3.42. The van der Waals surface area contributed by atoms with Crippen molar-refractivity contribution in [1.82, 2.24) is 4.90 Å². The van der Waals surface area contributed by atoms with Crippen molar-refractivity contribution in [2.24, 2.45) is 0 Å². The number of aliphatic hydroxyl groups is 1. The van der Waals surface area contributed by atoms with Gasteiger partial charge in [-0.1, -0.05) is 26.0 Å². The molecule has 0 amide bonds. The summed E-state index contributed by atoms with van der Waals surface area (Å²) in [6.45, 7) is 7.03. The van der Waals surface area contributed by atoms with Crippen molar-refractivity contribution in [3.8, 4) is 11.5 Å². The van der Waals surface area contributed by atoms with Gasteiger partial charge < -0.3 is 14.6 Å². The third kappa shape index (κ3) is 3.85. The van der Waals surface area contributed by atoms with Gasteiger partial charge in [0.15, 0.2) is 11.5 Å². The molecule has 1 N–H and O–H groups in total. The van der Waals surface area contributed by atoms with Gasteiger partial charge in [-0.25, -0.2) is 0 Å². The number of benzene rings is 1. The molecule has 2 unspecified atom stereocenters. The SMILES string of the molecule is CCC(O)CN(CC)CC1COc2ccccc2O1. The van der Waals surface area contributed by atoms with Gasteiger partial charge in [0.1, 0.15) is 12.7 Å². The number of hydrogen-bond donors (Lipinski definition) is 1. The fourth-order valence-electron chi connectivity index (χ4n) is 2.20. The normalized spacial score (nSPS) is 19.5. The smallest absolute Gasteiger partial charge is 0.161 e. The number of ether oxygens (including phenoxy) is 2. The maximum atomic E-state index is 9.73. The summed E-state index contributed by atoms with van der Waals surface area (Å²) in [6, 6.07) is 7.74. The van der Waals surface area contributed by atoms with Crippen LogP contribution in [0.1, 0.15) is 20.3 Å². The molecular formula is C15H23NO3. The molecule has 0 radical (unpaired) electrons. The van der Waals surface area contributed by atoms with E-state index >= 15 is 0 Å². The highest BCUT2D eigenvalue weighted by Crippen LogP contribution is 2.30. The minimum Gasteiger partial charge on any atom is -0.486 e. The number of aliphatic hydroxyl groups excluding tert-OH is 1. The molecule has 4 heteroatoms. The first-order chi connectivity index (χ1) is 9.22. The molecule has 0 spiro atoms. The largest absolute Gasteiger partial charge is 0.486 e. The highest BCUT2D eigenvalue weighted by atomic mass is 16.6. The highest BCUT2D eigenvalue weighted by Gasteiger charge is 2.23. The predicted molar refractivity (Wildman–Crippen MR) is 74.8 cm³/mol. The van der Waals surface area contributed by atoms with E-state index in [0.29, 0.717) is 13.2 Å². The minimum atomic E-state index is -0.267. The van der Waals surface area contributed by atoms with Gasteiger partial charge >= 0.3 is 0 Å². The molecule has 0 aliphatic carbocycles. The molecule has 2 atom stereocenters. The van der Waals surface area contributed by atoms with E-state index in [1.165, 1.54) is 0 Å². The van der Waals surface area contributed by atoms with Gasteiger partial charge in [-0.05, 0) is 25.1 Å². The third-order valence-corrected chi connectivity index (χ3v) is 3.42. The van der Waals surface area contributed by atoms with Crippen LogP contribution in [0.3, 0.4) is 0 Å². The first-order valence-corrected chi connectivity index (χ1v) is 7.01. The lowest BCUT2D eigenvalue weighted by molar-refractivity contribution is 0.0414. The molecule has 1 aliphatic heterocycles. The quantitative estimate of drug-likeness (QED) is 0.853. The van der Waals surface area contributed by atoms with Crippen molar-refractivity contribution in [3.63, 3.8) is 0 Å². The topological polar surface area (TPSA) is 41.9 Å². The van der Waals surface area contributed by atoms with Gasteiger partial charge in [-0.2, -0.15) is 0 Å². The van der Waals surface area contributed by atoms with Crippen LogP contribution in [0.5, 0.6) is 11.5 Å². The van der Waals surface area contributed by atoms with E-state index in [4.69, 9.17) is 9.47 Å². The summed E-state index contributed by atoms with van der Waals surface area (Å²) in [5.41, 5.74) is 0. The van der Waals surface area contributed by atoms with Crippen LogP contribution >= 0.6 is 0 Å². The van der Waals surface area contributed by atoms with Crippen LogP contribution in [-0.2, 0) is 0 Å². The molecule has 0 bridgehead atoms. The maximum absolute atomic E-state index is 9.73. The fraction of sp³-hybridized carbons (Fsp3) is 0.600. The number of nitrogens with zero attached hydrogens (tertiary/aromatic N) is 1. The number of likely N-dealkylation sites (N-methyl/N-ethyl adjacent to an activating group) is 1. The average Bonchev–Trinajstić information content (AvgIpc) is 2.46. The van der Waals surface area contributed by atoms with Crippen molar-refractivity contribution in [1.29, 1.82) is 0 Å². The second-order valence-corrected chi connectivity index (χ2v) is 4.91. The van der Waals surface area contributed by atoms with E-state index in [2.05, 4.69) is 11.8 Å². The summed E-state index contributed by atoms with van der Waals surface area (Å²) >= 11 is 0. The molecular weight excluding hydrogens is 242 g/mol. The van der Waals surface area contributed by atoms with Gasteiger partial charge in [0.05, 0.1) is 6.10 Å². The lowest BCUT2D eigenvalue weighted by Gasteiger charge is -2.31. The number of rotatable bonds is 6. The van der Waals surface area contributed by atoms with Crippen molar-refractivity contribution < 1.29 is 14.6 Å². The first-order valence-electron chi connectivity index (χ1n) is 7.01. The van der Waals surface area contributed by atoms with Crippen LogP contribution in [0, 0.1) is 0 Å². The number of hydrogen-bond acceptors (Lipinski definition) is 4. The lowest BCUT2D eigenvalue weighted by atomic mass is 10.2. The van der Waals surface area contributed by atoms with Crippen molar-refractivity contribution in [2.45, 2.75) is 32.5 Å². The van der Waals surface area contributed by atoms with Crippen LogP contribution in [0.15, 0.2) is 24.3 Å². The zero-order valence-corrected chi connectivity index (χ0v) is 11.7. The highest BCUT2D eigenvalue weighted by molar-refractivity contribution is 5.40. The van der Waals surface area contributed by atoms with Crippen LogP contribution in [-0.4, -0.2) is 48.5 Å². The Morgan fingerprint density at radius 2 is 2.05 bits per heavy atom. The Hall–Kier alpha value is -1.26. The van der Waals surface area contributed by atoms with E-state index in [9.17, 15) is 5.11 Å². The van der Waals surface area contributed by atoms with E-state index < -0.39 is 0 Å². The fourth-order valence-corrected chi connectivity index (χ4v) is 2.20. The summed E-state index contributed by atoms with van der Waals surface area (Å²) in [5, 5.41) is 9.73. The average molecular weight is 265 g/mol. The van der Waals surface area contributed by atoms with E-state index in [1.807, 2.05) is 31.2 Å². The van der Waals surface area contributed by atoms with E-state index in [0.717, 1.165) is 31.0 Å². The molecule has 0 saturated heterocycles. The molecule has 1 aromatic rings. The Bertz CT molecular complexity index is 397. The summed E-state index contributed by atoms with van der Waals surface area (Å²) in [5.74, 6) is 1.63. The Morgan fingerprint density at radius 1 is 1.32 bits per heavy atom. The van der Waals surface area contributed by atoms with Gasteiger partial charge in [0, 0.05) is 13.1 Å². The van der Waals surface area contributed by atoms with Crippen molar-refractivity contribution in [2.75, 3.05) is 26.2 Å². The standard InChI is InChI=1S/C15H23NO3/c1-3-12(17)9-16(4-2)10-13-11-18-14-7-5-6-8-15(14)19-13/h5-8,12-13,17H,3-4,9-11H2,1-2H3. The van der Waals surface area contributed by atoms with Gasteiger partial charge in [-0.3, -0.25) is 4.90 Å². The Balaban J connectivity index is 1.90. The van der Waals surface area contributed by atoms with Crippen molar-refractivity contribution >= 4 is 0 Å². The van der Waals surface area contributed by atoms with Crippen LogP contribution < -0.4 is 9.47 Å². The zero-order chi connectivity index (χ0) is 13.7. The maximum Gasteiger partial charge on any atom is 0.161 e. The molecule has 0 saturated carbocycles. The molecule has 2 rings (SSSR count). The molecule has 106 valence electrons. The Labute approximate surface area is 114 Å². The van der Waals surface area contributed by atoms with Gasteiger partial charge in [-0.15, -0.1) is 0 Å². The summed E-state index contributed by atoms with van der Waals surface area (Å²) in [4.78, 5) is 2.20. The number of para-hydroxylation sites is 2. The van der Waals surface area contributed by atoms with Crippen molar-refractivity contribution in [3.05, 3.63) is 24.3 Å². The molecule has 0 fully saturated rings. The lowest BCUT2D eigenvalue weighted by Crippen LogP contribution is -2.43. The Kier molecular flexibility index (Phi) is 5.05. The second-order valence-electron chi connectivity index (χ2n) is 4.91. The summed E-state index contributed by atoms with van der Waals surface area (Å²) < 4.78 is 11.6. The molecule has 1 aliphatic rings. The minimum absolute atomic E-state index is 0.0268. The monoisotopic (exact) mass is 265 g/mol. The van der Waals surface area contributed by atoms with Crippen LogP contribution in [0.25, 0.3) is 0 Å². The van der Waals surface area contributed by atoms with E-state index in [1.54, 1.807) is 0 Å².